The van der Waals surface area contributed by atoms with Crippen molar-refractivity contribution in [1.29, 1.82) is 0 Å². The molecule has 2 saturated heterocycles. The summed E-state index contributed by atoms with van der Waals surface area (Å²) >= 11 is 1.69. The van der Waals surface area contributed by atoms with Gasteiger partial charge in [-0.2, -0.15) is 0 Å². The lowest BCUT2D eigenvalue weighted by Crippen LogP contribution is -2.39. The van der Waals surface area contributed by atoms with E-state index in [0.717, 1.165) is 49.8 Å². The summed E-state index contributed by atoms with van der Waals surface area (Å²) in [6.07, 6.45) is 1.82. The summed E-state index contributed by atoms with van der Waals surface area (Å²) in [4.78, 5) is 4.43. The topological polar surface area (TPSA) is 52.6 Å². The first-order valence-corrected chi connectivity index (χ1v) is 7.65. The molecule has 0 unspecified atom stereocenters. The second-order valence-corrected chi connectivity index (χ2v) is 6.03. The molecule has 2 fully saturated rings. The van der Waals surface area contributed by atoms with Crippen LogP contribution in [0.1, 0.15) is 23.5 Å². The molecule has 1 atom stereocenters. The summed E-state index contributed by atoms with van der Waals surface area (Å²) in [5.74, 6) is -0.373. The number of nitrogens with one attached hydrogen (secondary N) is 1. The molecule has 5 nitrogen and oxygen atoms in total. The summed E-state index contributed by atoms with van der Waals surface area (Å²) < 4.78 is 17.2. The third-order valence-electron chi connectivity index (χ3n) is 3.48. The minimum Gasteiger partial charge on any atom is -0.381 e. The Labute approximate surface area is 117 Å². The van der Waals surface area contributed by atoms with Gasteiger partial charge in [0.15, 0.2) is 5.79 Å². The molecular weight excluding hydrogens is 264 g/mol. The number of aromatic nitrogens is 1. The van der Waals surface area contributed by atoms with Crippen LogP contribution >= 0.6 is 11.3 Å². The predicted molar refractivity (Wildman–Crippen MR) is 72.2 cm³/mol. The predicted octanol–water partition coefficient (Wildman–Crippen LogP) is 1.46. The van der Waals surface area contributed by atoms with Crippen LogP contribution in [-0.2, 0) is 20.8 Å². The van der Waals surface area contributed by atoms with Crippen LogP contribution in [0.15, 0.2) is 5.38 Å². The standard InChI is InChI=1S/C13H20N2O3S/c1-10-9-19-12(15-10)7-14-6-11-8-17-13(18-11)2-4-16-5-3-13/h9,11,14H,2-8H2,1H3/t11-/m0/s1. The van der Waals surface area contributed by atoms with Crippen molar-refractivity contribution < 1.29 is 14.2 Å². The van der Waals surface area contributed by atoms with Crippen molar-refractivity contribution in [1.82, 2.24) is 10.3 Å². The highest BCUT2D eigenvalue weighted by molar-refractivity contribution is 7.09. The molecule has 3 rings (SSSR count). The van der Waals surface area contributed by atoms with Gasteiger partial charge in [0.25, 0.3) is 0 Å². The van der Waals surface area contributed by atoms with Crippen molar-refractivity contribution in [3.05, 3.63) is 16.1 Å². The van der Waals surface area contributed by atoms with Gasteiger partial charge < -0.3 is 19.5 Å². The maximum absolute atomic E-state index is 6.05. The Kier molecular flexibility index (Phi) is 4.14. The first-order valence-electron chi connectivity index (χ1n) is 6.77. The maximum Gasteiger partial charge on any atom is 0.173 e. The molecule has 2 aliphatic heterocycles. The normalized spacial score (nSPS) is 26.1. The first-order chi connectivity index (χ1) is 9.26. The Balaban J connectivity index is 1.42. The minimum atomic E-state index is -0.373. The van der Waals surface area contributed by atoms with Gasteiger partial charge in [0.1, 0.15) is 5.01 Å². The van der Waals surface area contributed by atoms with Gasteiger partial charge in [-0.25, -0.2) is 4.98 Å². The molecule has 0 saturated carbocycles. The number of aryl methyl sites for hydroxylation is 1. The minimum absolute atomic E-state index is 0.138. The molecule has 6 heteroatoms. The number of ether oxygens (including phenoxy) is 3. The summed E-state index contributed by atoms with van der Waals surface area (Å²) in [7, 11) is 0. The highest BCUT2D eigenvalue weighted by Gasteiger charge is 2.42. The fourth-order valence-corrected chi connectivity index (χ4v) is 3.23. The lowest BCUT2D eigenvalue weighted by molar-refractivity contribution is -0.210. The Hall–Kier alpha value is -0.530. The van der Waals surface area contributed by atoms with Crippen LogP contribution in [0.3, 0.4) is 0 Å². The average Bonchev–Trinajstić information content (AvgIpc) is 2.99. The van der Waals surface area contributed by atoms with Crippen molar-refractivity contribution in [3.8, 4) is 0 Å². The van der Waals surface area contributed by atoms with E-state index in [-0.39, 0.29) is 11.9 Å². The summed E-state index contributed by atoms with van der Waals surface area (Å²) in [5.41, 5.74) is 1.09. The number of hydrogen-bond donors (Lipinski definition) is 1. The van der Waals surface area contributed by atoms with E-state index in [1.54, 1.807) is 11.3 Å². The van der Waals surface area contributed by atoms with Crippen LogP contribution in [0, 0.1) is 6.92 Å². The molecule has 3 heterocycles. The van der Waals surface area contributed by atoms with E-state index in [9.17, 15) is 0 Å². The largest absolute Gasteiger partial charge is 0.381 e. The third kappa shape index (κ3) is 3.32. The molecule has 0 bridgehead atoms. The molecule has 0 aliphatic carbocycles. The van der Waals surface area contributed by atoms with Gasteiger partial charge in [-0.05, 0) is 6.92 Å². The van der Waals surface area contributed by atoms with Gasteiger partial charge in [0, 0.05) is 37.0 Å². The molecule has 1 aromatic rings. The summed E-state index contributed by atoms with van der Waals surface area (Å²) in [6.45, 7) is 5.76. The molecule has 106 valence electrons. The highest BCUT2D eigenvalue weighted by atomic mass is 32.1. The fourth-order valence-electron chi connectivity index (χ4n) is 2.49. The molecular formula is C13H20N2O3S. The van der Waals surface area contributed by atoms with Crippen molar-refractivity contribution >= 4 is 11.3 Å². The Morgan fingerprint density at radius 3 is 3.05 bits per heavy atom. The van der Waals surface area contributed by atoms with E-state index in [1.165, 1.54) is 0 Å². The van der Waals surface area contributed by atoms with E-state index in [4.69, 9.17) is 14.2 Å². The second-order valence-electron chi connectivity index (χ2n) is 5.09. The van der Waals surface area contributed by atoms with E-state index in [0.29, 0.717) is 6.61 Å². The van der Waals surface area contributed by atoms with Gasteiger partial charge in [-0.3, -0.25) is 0 Å². The summed E-state index contributed by atoms with van der Waals surface area (Å²) in [6, 6.07) is 0. The van der Waals surface area contributed by atoms with Gasteiger partial charge in [0.2, 0.25) is 0 Å². The van der Waals surface area contributed by atoms with Crippen LogP contribution in [0.2, 0.25) is 0 Å². The van der Waals surface area contributed by atoms with Crippen LogP contribution in [-0.4, -0.2) is 43.2 Å². The Morgan fingerprint density at radius 1 is 1.47 bits per heavy atom. The zero-order valence-electron chi connectivity index (χ0n) is 11.2. The lowest BCUT2D eigenvalue weighted by atomic mass is 10.1. The smallest absolute Gasteiger partial charge is 0.173 e. The number of rotatable bonds is 4. The molecule has 1 N–H and O–H groups in total. The molecule has 1 spiro atoms. The molecule has 0 radical (unpaired) electrons. The monoisotopic (exact) mass is 284 g/mol. The van der Waals surface area contributed by atoms with E-state index in [1.807, 2.05) is 6.92 Å². The first kappa shape index (κ1) is 13.5. The lowest BCUT2D eigenvalue weighted by Gasteiger charge is -2.31. The third-order valence-corrected chi connectivity index (χ3v) is 4.45. The molecule has 1 aromatic heterocycles. The van der Waals surface area contributed by atoms with Gasteiger partial charge in [-0.1, -0.05) is 0 Å². The van der Waals surface area contributed by atoms with Crippen LogP contribution in [0.4, 0.5) is 0 Å². The van der Waals surface area contributed by atoms with Crippen molar-refractivity contribution in [2.75, 3.05) is 26.4 Å². The molecule has 0 aromatic carbocycles. The zero-order valence-corrected chi connectivity index (χ0v) is 12.0. The molecule has 19 heavy (non-hydrogen) atoms. The number of hydrogen-bond acceptors (Lipinski definition) is 6. The van der Waals surface area contributed by atoms with E-state index >= 15 is 0 Å². The maximum atomic E-state index is 6.05. The average molecular weight is 284 g/mol. The quantitative estimate of drug-likeness (QED) is 0.907. The van der Waals surface area contributed by atoms with Crippen LogP contribution in [0.5, 0.6) is 0 Å². The number of thiazole rings is 1. The van der Waals surface area contributed by atoms with Gasteiger partial charge >= 0.3 is 0 Å². The second kappa shape index (κ2) is 5.85. The Morgan fingerprint density at radius 2 is 2.32 bits per heavy atom. The zero-order chi connectivity index (χ0) is 13.1. The SMILES string of the molecule is Cc1csc(CNC[C@H]2COC3(CCOCC3)O2)n1. The molecule has 0 amide bonds. The number of nitrogens with zero attached hydrogens (tertiary/aromatic N) is 1. The van der Waals surface area contributed by atoms with Gasteiger partial charge in [-0.15, -0.1) is 11.3 Å². The highest BCUT2D eigenvalue weighted by Crippen LogP contribution is 2.32. The van der Waals surface area contributed by atoms with Crippen LogP contribution < -0.4 is 5.32 Å². The van der Waals surface area contributed by atoms with Gasteiger partial charge in [0.05, 0.1) is 25.9 Å². The Bertz CT molecular complexity index is 418. The van der Waals surface area contributed by atoms with Crippen molar-refractivity contribution in [2.24, 2.45) is 0 Å². The van der Waals surface area contributed by atoms with E-state index in [2.05, 4.69) is 15.7 Å². The summed E-state index contributed by atoms with van der Waals surface area (Å²) in [5, 5.41) is 6.59. The molecule has 2 aliphatic rings. The fraction of sp³-hybridized carbons (Fsp3) is 0.769. The van der Waals surface area contributed by atoms with Crippen molar-refractivity contribution in [3.63, 3.8) is 0 Å². The van der Waals surface area contributed by atoms with Crippen molar-refractivity contribution in [2.45, 2.75) is 38.2 Å². The van der Waals surface area contributed by atoms with Crippen LogP contribution in [0.25, 0.3) is 0 Å². The van der Waals surface area contributed by atoms with E-state index < -0.39 is 0 Å².